The molecule has 9 heteroatoms. The van der Waals surface area contributed by atoms with Gasteiger partial charge in [0.2, 0.25) is 15.9 Å². The number of piperidine rings is 1. The van der Waals surface area contributed by atoms with Crippen molar-refractivity contribution in [3.63, 3.8) is 0 Å². The van der Waals surface area contributed by atoms with E-state index in [1.807, 2.05) is 0 Å². The largest absolute Gasteiger partial charge is 0.385 e. The van der Waals surface area contributed by atoms with Crippen molar-refractivity contribution >= 4 is 15.9 Å². The average Bonchev–Trinajstić information content (AvgIpc) is 2.91. The molecule has 1 aromatic rings. The summed E-state index contributed by atoms with van der Waals surface area (Å²) in [6, 6.07) is 0. The standard InChI is InChI=1S/C16H27N3O5S/c1-12-16(13(2)24-18-12)25(21,22)19-8-5-14(6-9-19)11-15(20)17-7-4-10-23-3/h14H,4-11H2,1-3H3,(H,17,20). The Balaban J connectivity index is 1.84. The number of rotatable bonds is 8. The Bertz CT molecular complexity index is 658. The van der Waals surface area contributed by atoms with E-state index in [4.69, 9.17) is 9.26 Å². The Morgan fingerprint density at radius 2 is 2.04 bits per heavy atom. The zero-order chi connectivity index (χ0) is 18.4. The number of carbonyl (C=O) groups is 1. The maximum atomic E-state index is 12.8. The van der Waals surface area contributed by atoms with Crippen LogP contribution in [0.2, 0.25) is 0 Å². The molecule has 142 valence electrons. The zero-order valence-electron chi connectivity index (χ0n) is 15.1. The highest BCUT2D eigenvalue weighted by atomic mass is 32.2. The van der Waals surface area contributed by atoms with Gasteiger partial charge in [0.05, 0.1) is 0 Å². The summed E-state index contributed by atoms with van der Waals surface area (Å²) in [5.74, 6) is 0.539. The van der Waals surface area contributed by atoms with Gasteiger partial charge in [-0.2, -0.15) is 4.31 Å². The minimum absolute atomic E-state index is 0.0168. The van der Waals surface area contributed by atoms with Crippen molar-refractivity contribution in [2.24, 2.45) is 5.92 Å². The van der Waals surface area contributed by atoms with E-state index in [1.165, 1.54) is 4.31 Å². The van der Waals surface area contributed by atoms with E-state index in [9.17, 15) is 13.2 Å². The first-order chi connectivity index (χ1) is 11.9. The molecule has 0 aromatic carbocycles. The van der Waals surface area contributed by atoms with Crippen LogP contribution in [0.5, 0.6) is 0 Å². The number of ether oxygens (including phenoxy) is 1. The molecule has 1 N–H and O–H groups in total. The molecule has 1 amide bonds. The van der Waals surface area contributed by atoms with Crippen LogP contribution in [-0.2, 0) is 19.6 Å². The molecule has 0 radical (unpaired) electrons. The molecular formula is C16H27N3O5S. The second-order valence-electron chi connectivity index (χ2n) is 6.40. The van der Waals surface area contributed by atoms with E-state index in [2.05, 4.69) is 10.5 Å². The summed E-state index contributed by atoms with van der Waals surface area (Å²) in [5.41, 5.74) is 0.384. The quantitative estimate of drug-likeness (QED) is 0.688. The van der Waals surface area contributed by atoms with Gasteiger partial charge in [0.1, 0.15) is 10.6 Å². The fourth-order valence-electron chi connectivity index (χ4n) is 3.10. The number of amides is 1. The van der Waals surface area contributed by atoms with Crippen LogP contribution in [0, 0.1) is 19.8 Å². The van der Waals surface area contributed by atoms with Crippen molar-refractivity contribution in [1.29, 1.82) is 0 Å². The van der Waals surface area contributed by atoms with E-state index in [-0.39, 0.29) is 16.7 Å². The predicted octanol–water partition coefficient (Wildman–Crippen LogP) is 1.23. The van der Waals surface area contributed by atoms with Crippen molar-refractivity contribution in [3.8, 4) is 0 Å². The van der Waals surface area contributed by atoms with E-state index >= 15 is 0 Å². The Labute approximate surface area is 148 Å². The van der Waals surface area contributed by atoms with Crippen LogP contribution in [0.4, 0.5) is 0 Å². The summed E-state index contributed by atoms with van der Waals surface area (Å²) in [6.07, 6.45) is 2.57. The lowest BCUT2D eigenvalue weighted by atomic mass is 9.94. The van der Waals surface area contributed by atoms with Gasteiger partial charge in [0.15, 0.2) is 5.76 Å². The summed E-state index contributed by atoms with van der Waals surface area (Å²) >= 11 is 0. The Morgan fingerprint density at radius 1 is 1.36 bits per heavy atom. The molecule has 0 spiro atoms. The molecule has 0 atom stereocenters. The lowest BCUT2D eigenvalue weighted by Crippen LogP contribution is -2.40. The number of aromatic nitrogens is 1. The third-order valence-electron chi connectivity index (χ3n) is 4.46. The average molecular weight is 373 g/mol. The molecule has 0 aliphatic carbocycles. The minimum atomic E-state index is -3.59. The summed E-state index contributed by atoms with van der Waals surface area (Å²) in [7, 11) is -1.96. The summed E-state index contributed by atoms with van der Waals surface area (Å²) < 4.78 is 36.9. The van der Waals surface area contributed by atoms with Crippen molar-refractivity contribution in [1.82, 2.24) is 14.8 Å². The van der Waals surface area contributed by atoms with E-state index < -0.39 is 10.0 Å². The third-order valence-corrected chi connectivity index (χ3v) is 6.60. The Kier molecular flexibility index (Phi) is 6.97. The maximum Gasteiger partial charge on any atom is 0.248 e. The summed E-state index contributed by atoms with van der Waals surface area (Å²) in [4.78, 5) is 12.1. The van der Waals surface area contributed by atoms with Crippen LogP contribution in [0.25, 0.3) is 0 Å². The molecule has 0 bridgehead atoms. The van der Waals surface area contributed by atoms with Gasteiger partial charge < -0.3 is 14.6 Å². The van der Waals surface area contributed by atoms with Gasteiger partial charge in [-0.05, 0) is 39.0 Å². The fourth-order valence-corrected chi connectivity index (χ4v) is 4.87. The van der Waals surface area contributed by atoms with Crippen molar-refractivity contribution in [2.45, 2.75) is 44.4 Å². The lowest BCUT2D eigenvalue weighted by molar-refractivity contribution is -0.122. The molecule has 1 aromatic heterocycles. The molecule has 1 aliphatic rings. The van der Waals surface area contributed by atoms with Crippen molar-refractivity contribution in [2.75, 3.05) is 33.4 Å². The molecule has 1 saturated heterocycles. The maximum absolute atomic E-state index is 12.8. The zero-order valence-corrected chi connectivity index (χ0v) is 15.9. The third kappa shape index (κ3) is 5.02. The normalized spacial score (nSPS) is 16.9. The Morgan fingerprint density at radius 3 is 2.60 bits per heavy atom. The number of aryl methyl sites for hydroxylation is 2. The molecule has 2 rings (SSSR count). The van der Waals surface area contributed by atoms with Crippen LogP contribution in [0.3, 0.4) is 0 Å². The molecule has 2 heterocycles. The number of nitrogens with one attached hydrogen (secondary N) is 1. The van der Waals surface area contributed by atoms with Crippen LogP contribution in [0.1, 0.15) is 37.1 Å². The van der Waals surface area contributed by atoms with Crippen LogP contribution in [0.15, 0.2) is 9.42 Å². The van der Waals surface area contributed by atoms with Gasteiger partial charge in [0.25, 0.3) is 0 Å². The number of sulfonamides is 1. The van der Waals surface area contributed by atoms with Gasteiger partial charge in [-0.1, -0.05) is 5.16 Å². The first-order valence-electron chi connectivity index (χ1n) is 8.55. The number of methoxy groups -OCH3 is 1. The number of carbonyl (C=O) groups excluding carboxylic acids is 1. The van der Waals surface area contributed by atoms with Gasteiger partial charge in [-0.15, -0.1) is 0 Å². The fraction of sp³-hybridized carbons (Fsp3) is 0.750. The lowest BCUT2D eigenvalue weighted by Gasteiger charge is -2.30. The second kappa shape index (κ2) is 8.77. The van der Waals surface area contributed by atoms with E-state index in [0.29, 0.717) is 57.0 Å². The van der Waals surface area contributed by atoms with Gasteiger partial charge >= 0.3 is 0 Å². The topological polar surface area (TPSA) is 102 Å². The molecular weight excluding hydrogens is 346 g/mol. The molecule has 25 heavy (non-hydrogen) atoms. The first-order valence-corrected chi connectivity index (χ1v) is 9.99. The van der Waals surface area contributed by atoms with Crippen LogP contribution >= 0.6 is 0 Å². The van der Waals surface area contributed by atoms with Gasteiger partial charge in [-0.25, -0.2) is 8.42 Å². The van der Waals surface area contributed by atoms with Gasteiger partial charge in [0, 0.05) is 39.8 Å². The van der Waals surface area contributed by atoms with Gasteiger partial charge in [-0.3, -0.25) is 4.79 Å². The van der Waals surface area contributed by atoms with E-state index in [0.717, 1.165) is 6.42 Å². The SMILES string of the molecule is COCCCNC(=O)CC1CCN(S(=O)(=O)c2c(C)noc2C)CC1. The van der Waals surface area contributed by atoms with Crippen molar-refractivity contribution < 1.29 is 22.5 Å². The molecule has 8 nitrogen and oxygen atoms in total. The monoisotopic (exact) mass is 373 g/mol. The molecule has 1 aliphatic heterocycles. The van der Waals surface area contributed by atoms with Crippen LogP contribution in [-0.4, -0.2) is 57.1 Å². The highest BCUT2D eigenvalue weighted by Gasteiger charge is 2.34. The highest BCUT2D eigenvalue weighted by molar-refractivity contribution is 7.89. The van der Waals surface area contributed by atoms with Crippen molar-refractivity contribution in [3.05, 3.63) is 11.5 Å². The number of nitrogens with zero attached hydrogens (tertiary/aromatic N) is 2. The van der Waals surface area contributed by atoms with E-state index in [1.54, 1.807) is 21.0 Å². The second-order valence-corrected chi connectivity index (χ2v) is 8.28. The summed E-state index contributed by atoms with van der Waals surface area (Å²) in [5, 5.41) is 6.60. The highest BCUT2D eigenvalue weighted by Crippen LogP contribution is 2.28. The number of hydrogen-bond donors (Lipinski definition) is 1. The minimum Gasteiger partial charge on any atom is -0.385 e. The summed E-state index contributed by atoms with van der Waals surface area (Å²) in [6.45, 7) is 5.28. The molecule has 1 fully saturated rings. The molecule has 0 saturated carbocycles. The number of hydrogen-bond acceptors (Lipinski definition) is 6. The smallest absolute Gasteiger partial charge is 0.248 e. The first kappa shape index (κ1) is 19.9. The predicted molar refractivity (Wildman–Crippen MR) is 91.6 cm³/mol. The van der Waals surface area contributed by atoms with Crippen LogP contribution < -0.4 is 5.32 Å². The molecule has 0 unspecified atom stereocenters. The Hall–Kier alpha value is -1.45.